The summed E-state index contributed by atoms with van der Waals surface area (Å²) in [6, 6.07) is 16.6. The molecular formula is C42H47ClN8O5. The summed E-state index contributed by atoms with van der Waals surface area (Å²) in [6.07, 6.45) is 7.70. The van der Waals surface area contributed by atoms with Crippen LogP contribution >= 0.6 is 11.6 Å². The zero-order valence-corrected chi connectivity index (χ0v) is 32.2. The van der Waals surface area contributed by atoms with E-state index >= 15 is 0 Å². The van der Waals surface area contributed by atoms with Crippen molar-refractivity contribution in [1.82, 2.24) is 20.1 Å². The molecular weight excluding hydrogens is 732 g/mol. The van der Waals surface area contributed by atoms with Crippen molar-refractivity contribution in [2.75, 3.05) is 60.9 Å². The number of nitrogens with zero attached hydrogens (tertiary/aromatic N) is 6. The number of carbonyl (C=O) groups is 4. The molecule has 56 heavy (non-hydrogen) atoms. The number of ether oxygens (including phenoxy) is 1. The molecule has 0 spiro atoms. The van der Waals surface area contributed by atoms with Gasteiger partial charge < -0.3 is 24.8 Å². The van der Waals surface area contributed by atoms with Crippen molar-refractivity contribution in [2.45, 2.75) is 70.1 Å². The molecule has 5 aliphatic rings. The van der Waals surface area contributed by atoms with Gasteiger partial charge in [0.25, 0.3) is 5.91 Å². The van der Waals surface area contributed by atoms with Crippen LogP contribution in [0.4, 0.5) is 17.2 Å². The summed E-state index contributed by atoms with van der Waals surface area (Å²) < 4.78 is 6.08. The Kier molecular flexibility index (Phi) is 11.1. The summed E-state index contributed by atoms with van der Waals surface area (Å²) in [4.78, 5) is 63.9. The molecule has 4 aliphatic heterocycles. The summed E-state index contributed by atoms with van der Waals surface area (Å²) in [6.45, 7) is 7.13. The number of hydrogen-bond donors (Lipinski definition) is 2. The van der Waals surface area contributed by atoms with Gasteiger partial charge in [0, 0.05) is 82.0 Å². The van der Waals surface area contributed by atoms with Gasteiger partial charge in [0.2, 0.25) is 17.7 Å². The first-order valence-corrected chi connectivity index (χ1v) is 20.2. The number of aromatic nitrogens is 1. The molecule has 2 N–H and O–H groups in total. The van der Waals surface area contributed by atoms with Gasteiger partial charge in [0.1, 0.15) is 23.7 Å². The van der Waals surface area contributed by atoms with E-state index in [2.05, 4.69) is 48.5 Å². The average molecular weight is 779 g/mol. The van der Waals surface area contributed by atoms with E-state index in [9.17, 15) is 19.2 Å². The minimum atomic E-state index is -0.600. The van der Waals surface area contributed by atoms with Crippen LogP contribution in [-0.4, -0.2) is 96.4 Å². The zero-order chi connectivity index (χ0) is 38.8. The second kappa shape index (κ2) is 16.5. The van der Waals surface area contributed by atoms with Crippen molar-refractivity contribution in [3.8, 4) is 11.8 Å². The molecule has 1 unspecified atom stereocenters. The summed E-state index contributed by atoms with van der Waals surface area (Å²) >= 11 is 6.15. The van der Waals surface area contributed by atoms with Crippen LogP contribution in [0.25, 0.3) is 0 Å². The molecule has 5 heterocycles. The predicted octanol–water partition coefficient (Wildman–Crippen LogP) is 4.98. The quantitative estimate of drug-likeness (QED) is 0.285. The summed E-state index contributed by atoms with van der Waals surface area (Å²) in [5.41, 5.74) is 4.12. The number of rotatable bonds is 9. The Bertz CT molecular complexity index is 2010. The third-order valence-corrected chi connectivity index (χ3v) is 12.5. The number of imide groups is 1. The predicted molar refractivity (Wildman–Crippen MR) is 211 cm³/mol. The maximum absolute atomic E-state index is 13.3. The van der Waals surface area contributed by atoms with Crippen LogP contribution in [0.15, 0.2) is 54.7 Å². The Balaban J connectivity index is 0.743. The highest BCUT2D eigenvalue weighted by Gasteiger charge is 2.39. The van der Waals surface area contributed by atoms with E-state index in [1.807, 2.05) is 24.4 Å². The first-order valence-electron chi connectivity index (χ1n) is 19.8. The van der Waals surface area contributed by atoms with Crippen molar-refractivity contribution in [2.24, 2.45) is 11.8 Å². The van der Waals surface area contributed by atoms with Gasteiger partial charge >= 0.3 is 0 Å². The minimum Gasteiger partial charge on any atom is -0.490 e. The molecule has 0 bridgehead atoms. The fourth-order valence-corrected chi connectivity index (χ4v) is 9.05. The fraction of sp³-hybridized carbons (Fsp3) is 0.476. The zero-order valence-electron chi connectivity index (χ0n) is 31.4. The highest BCUT2D eigenvalue weighted by molar-refractivity contribution is 6.31. The Morgan fingerprint density at radius 1 is 0.893 bits per heavy atom. The van der Waals surface area contributed by atoms with Gasteiger partial charge in [-0.1, -0.05) is 17.7 Å². The Morgan fingerprint density at radius 3 is 2.34 bits per heavy atom. The van der Waals surface area contributed by atoms with E-state index in [1.165, 1.54) is 0 Å². The molecule has 13 nitrogen and oxygen atoms in total. The van der Waals surface area contributed by atoms with Crippen LogP contribution in [0, 0.1) is 23.2 Å². The lowest BCUT2D eigenvalue weighted by molar-refractivity contribution is -0.137. The number of nitriles is 1. The number of hydrogen-bond acceptors (Lipinski definition) is 10. The molecule has 2 aromatic carbocycles. The number of amides is 4. The lowest BCUT2D eigenvalue weighted by Crippen LogP contribution is -2.52. The van der Waals surface area contributed by atoms with Crippen LogP contribution in [0.2, 0.25) is 5.02 Å². The van der Waals surface area contributed by atoms with Gasteiger partial charge in [0.05, 0.1) is 28.6 Å². The van der Waals surface area contributed by atoms with Gasteiger partial charge in [-0.2, -0.15) is 5.26 Å². The maximum atomic E-state index is 13.3. The molecule has 292 valence electrons. The number of anilines is 3. The Hall–Kier alpha value is -5.19. The normalized spacial score (nSPS) is 23.4. The Morgan fingerprint density at radius 2 is 1.64 bits per heavy atom. The summed E-state index contributed by atoms with van der Waals surface area (Å²) in [5, 5.41) is 14.9. The van der Waals surface area contributed by atoms with Crippen LogP contribution in [0.1, 0.15) is 72.9 Å². The molecule has 1 saturated carbocycles. The second-order valence-corrected chi connectivity index (χ2v) is 16.1. The maximum Gasteiger partial charge on any atom is 0.255 e. The van der Waals surface area contributed by atoms with Gasteiger partial charge in [-0.3, -0.25) is 29.4 Å². The molecule has 3 aromatic rings. The topological polar surface area (TPSA) is 151 Å². The van der Waals surface area contributed by atoms with Gasteiger partial charge in [-0.15, -0.1) is 0 Å². The smallest absolute Gasteiger partial charge is 0.255 e. The monoisotopic (exact) mass is 778 g/mol. The molecule has 3 saturated heterocycles. The molecule has 1 aromatic heterocycles. The van der Waals surface area contributed by atoms with Gasteiger partial charge in [0.15, 0.2) is 0 Å². The number of pyridine rings is 1. The molecule has 14 heteroatoms. The van der Waals surface area contributed by atoms with E-state index in [1.54, 1.807) is 23.1 Å². The van der Waals surface area contributed by atoms with Crippen LogP contribution < -0.4 is 25.2 Å². The standard InChI is InChI=1S/C42H47ClN8O5/c43-36-22-34(9-4-29(36)23-44)56-33-7-2-28(3-8-33)40(53)46-38-11-6-32(24-45-38)49-15-13-27(14-16-49)25-48-17-19-50(20-18-48)31-5-1-30-26-51(42(55)35(30)21-31)37-10-12-39(52)47-41(37)54/h1,4-6,9,11,21-22,24,27-28,33,37H,2-3,7-8,10,12-20,25-26H2,(H,45,46,53)(H,47,52,54)/t28-,33-,37?. The Labute approximate surface area is 331 Å². The van der Waals surface area contributed by atoms with Crippen molar-refractivity contribution in [3.63, 3.8) is 0 Å². The SMILES string of the molecule is N#Cc1ccc(O[C@H]2CC[C@H](C(=O)Nc3ccc(N4CCC(CN5CCN(c6ccc7c(c6)C(=O)N(C6CCC(=O)NC6=O)C7)CC5)CC4)cn3)CC2)cc1Cl. The number of nitrogens with one attached hydrogen (secondary N) is 2. The van der Waals surface area contributed by atoms with Crippen LogP contribution in [-0.2, 0) is 20.9 Å². The van der Waals surface area contributed by atoms with Crippen molar-refractivity contribution >= 4 is 52.4 Å². The molecule has 8 rings (SSSR count). The largest absolute Gasteiger partial charge is 0.490 e. The first kappa shape index (κ1) is 37.7. The number of piperidine rings is 2. The third-order valence-electron chi connectivity index (χ3n) is 12.2. The molecule has 4 amide bonds. The van der Waals surface area contributed by atoms with E-state index < -0.39 is 6.04 Å². The number of benzene rings is 2. The van der Waals surface area contributed by atoms with Crippen LogP contribution in [0.5, 0.6) is 5.75 Å². The van der Waals surface area contributed by atoms with Gasteiger partial charge in [-0.05, 0) is 92.8 Å². The van der Waals surface area contributed by atoms with Gasteiger partial charge in [-0.25, -0.2) is 4.98 Å². The van der Waals surface area contributed by atoms with Crippen LogP contribution in [0.3, 0.4) is 0 Å². The number of halogens is 1. The van der Waals surface area contributed by atoms with Crippen molar-refractivity contribution in [1.29, 1.82) is 5.26 Å². The molecule has 4 fully saturated rings. The molecule has 0 radical (unpaired) electrons. The highest BCUT2D eigenvalue weighted by Crippen LogP contribution is 2.33. The number of piperazine rings is 1. The highest BCUT2D eigenvalue weighted by atomic mass is 35.5. The summed E-state index contributed by atoms with van der Waals surface area (Å²) in [5.74, 6) is 0.942. The molecule has 1 aliphatic carbocycles. The number of fused-ring (bicyclic) bond motifs is 1. The summed E-state index contributed by atoms with van der Waals surface area (Å²) in [7, 11) is 0. The van der Waals surface area contributed by atoms with Crippen molar-refractivity contribution in [3.05, 3.63) is 76.4 Å². The fourth-order valence-electron chi connectivity index (χ4n) is 8.84. The lowest BCUT2D eigenvalue weighted by atomic mass is 9.86. The third kappa shape index (κ3) is 8.32. The van der Waals surface area contributed by atoms with E-state index in [4.69, 9.17) is 21.6 Å². The second-order valence-electron chi connectivity index (χ2n) is 15.7. The average Bonchev–Trinajstić information content (AvgIpc) is 3.54. The van der Waals surface area contributed by atoms with E-state index in [0.717, 1.165) is 101 Å². The lowest BCUT2D eigenvalue weighted by Gasteiger charge is -2.40. The van der Waals surface area contributed by atoms with E-state index in [0.29, 0.717) is 46.6 Å². The van der Waals surface area contributed by atoms with Crippen molar-refractivity contribution < 1.29 is 23.9 Å². The first-order chi connectivity index (χ1) is 27.2. The minimum absolute atomic E-state index is 0.00693. The molecule has 1 atom stereocenters. The van der Waals surface area contributed by atoms with E-state index in [-0.39, 0.29) is 42.1 Å². The number of carbonyl (C=O) groups excluding carboxylic acids is 4.